The molecule has 0 aliphatic carbocycles. The number of aromatic nitrogens is 4. The van der Waals surface area contributed by atoms with E-state index in [1.807, 2.05) is 0 Å². The number of nitrogens with two attached hydrogens (primary N) is 1. The number of nitrogens with zero attached hydrogens (tertiary/aromatic N) is 4. The van der Waals surface area contributed by atoms with Gasteiger partial charge in [-0.15, -0.1) is 11.3 Å². The molecule has 3 aromatic rings. The molecule has 17 heavy (non-hydrogen) atoms. The van der Waals surface area contributed by atoms with Gasteiger partial charge in [0.2, 0.25) is 5.82 Å². The molecule has 0 radical (unpaired) electrons. The predicted octanol–water partition coefficient (Wildman–Crippen LogP) is 1.84. The first-order valence-electron chi connectivity index (χ1n) is 4.77. The Bertz CT molecular complexity index is 616. The first kappa shape index (κ1) is 9.91. The molecular formula is C10H7N5OS. The molecule has 7 heteroatoms. The van der Waals surface area contributed by atoms with Crippen molar-refractivity contribution in [2.45, 2.75) is 0 Å². The molecule has 0 unspecified atom stereocenters. The Morgan fingerprint density at radius 2 is 2.18 bits per heavy atom. The first-order valence-corrected chi connectivity index (χ1v) is 5.65. The Labute approximate surface area is 100 Å². The van der Waals surface area contributed by atoms with Gasteiger partial charge in [-0.3, -0.25) is 4.98 Å². The lowest BCUT2D eigenvalue weighted by atomic mass is 10.3. The van der Waals surface area contributed by atoms with Gasteiger partial charge in [0.1, 0.15) is 5.82 Å². The molecule has 0 saturated carbocycles. The van der Waals surface area contributed by atoms with Crippen LogP contribution in [-0.4, -0.2) is 20.1 Å². The third kappa shape index (κ3) is 1.87. The van der Waals surface area contributed by atoms with Gasteiger partial charge in [0.05, 0.1) is 16.0 Å². The summed E-state index contributed by atoms with van der Waals surface area (Å²) >= 11 is 1.46. The highest BCUT2D eigenvalue weighted by Gasteiger charge is 2.11. The highest BCUT2D eigenvalue weighted by atomic mass is 32.1. The molecule has 84 valence electrons. The van der Waals surface area contributed by atoms with Crippen LogP contribution < -0.4 is 5.73 Å². The number of hydrogen-bond acceptors (Lipinski definition) is 7. The van der Waals surface area contributed by atoms with Crippen molar-refractivity contribution in [1.82, 2.24) is 20.1 Å². The van der Waals surface area contributed by atoms with Crippen LogP contribution in [0.3, 0.4) is 0 Å². The maximum Gasteiger partial charge on any atom is 0.259 e. The molecule has 0 aliphatic heterocycles. The van der Waals surface area contributed by atoms with Gasteiger partial charge < -0.3 is 10.3 Å². The Balaban J connectivity index is 1.98. The average molecular weight is 245 g/mol. The van der Waals surface area contributed by atoms with Crippen molar-refractivity contribution in [3.63, 3.8) is 0 Å². The zero-order valence-electron chi connectivity index (χ0n) is 8.57. The molecule has 0 bridgehead atoms. The van der Waals surface area contributed by atoms with Crippen LogP contribution in [0.15, 0.2) is 34.6 Å². The lowest BCUT2D eigenvalue weighted by molar-refractivity contribution is 0.432. The number of thiazole rings is 1. The fraction of sp³-hybridized carbons (Fsp3) is 0. The van der Waals surface area contributed by atoms with Crippen molar-refractivity contribution in [1.29, 1.82) is 0 Å². The minimum atomic E-state index is 0.418. The van der Waals surface area contributed by atoms with Gasteiger partial charge in [0, 0.05) is 12.4 Å². The summed E-state index contributed by atoms with van der Waals surface area (Å²) in [6.45, 7) is 0. The SMILES string of the molecule is Nc1ccc(-c2nc(-c3cncs3)no2)cn1. The van der Waals surface area contributed by atoms with Crippen molar-refractivity contribution >= 4 is 17.2 Å². The fourth-order valence-corrected chi connectivity index (χ4v) is 1.84. The van der Waals surface area contributed by atoms with E-state index < -0.39 is 0 Å². The Kier molecular flexibility index (Phi) is 2.30. The van der Waals surface area contributed by atoms with Crippen LogP contribution in [0.25, 0.3) is 22.2 Å². The summed E-state index contributed by atoms with van der Waals surface area (Å²) in [4.78, 5) is 13.1. The van der Waals surface area contributed by atoms with E-state index in [9.17, 15) is 0 Å². The summed E-state index contributed by atoms with van der Waals surface area (Å²) in [6, 6.07) is 3.47. The largest absolute Gasteiger partial charge is 0.384 e. The smallest absolute Gasteiger partial charge is 0.259 e. The number of rotatable bonds is 2. The third-order valence-corrected chi connectivity index (χ3v) is 2.88. The van der Waals surface area contributed by atoms with Crippen LogP contribution >= 0.6 is 11.3 Å². The Hall–Kier alpha value is -2.28. The Morgan fingerprint density at radius 3 is 2.88 bits per heavy atom. The number of pyridine rings is 1. The van der Waals surface area contributed by atoms with E-state index in [2.05, 4.69) is 20.1 Å². The van der Waals surface area contributed by atoms with Gasteiger partial charge in [-0.1, -0.05) is 5.16 Å². The van der Waals surface area contributed by atoms with Crippen LogP contribution in [0, 0.1) is 0 Å². The number of nitrogen functional groups attached to an aromatic ring is 1. The van der Waals surface area contributed by atoms with Gasteiger partial charge in [-0.2, -0.15) is 4.98 Å². The van der Waals surface area contributed by atoms with Crippen LogP contribution in [-0.2, 0) is 0 Å². The number of anilines is 1. The zero-order chi connectivity index (χ0) is 11.7. The van der Waals surface area contributed by atoms with Gasteiger partial charge in [0.25, 0.3) is 5.89 Å². The molecule has 0 aliphatic rings. The summed E-state index contributed by atoms with van der Waals surface area (Å²) in [7, 11) is 0. The molecule has 0 atom stereocenters. The molecule has 0 amide bonds. The molecule has 3 heterocycles. The highest BCUT2D eigenvalue weighted by molar-refractivity contribution is 7.13. The third-order valence-electron chi connectivity index (χ3n) is 2.11. The standard InChI is InChI=1S/C10H7N5OS/c11-8-2-1-6(3-13-8)10-14-9(15-16-10)7-4-12-5-17-7/h1-5H,(H2,11,13). The van der Waals surface area contributed by atoms with Gasteiger partial charge in [0.15, 0.2) is 0 Å². The van der Waals surface area contributed by atoms with Gasteiger partial charge in [-0.25, -0.2) is 4.98 Å². The van der Waals surface area contributed by atoms with Gasteiger partial charge in [-0.05, 0) is 12.1 Å². The fourth-order valence-electron chi connectivity index (χ4n) is 1.30. The minimum absolute atomic E-state index is 0.418. The van der Waals surface area contributed by atoms with Crippen molar-refractivity contribution in [2.75, 3.05) is 5.73 Å². The van der Waals surface area contributed by atoms with Crippen molar-refractivity contribution < 1.29 is 4.52 Å². The second kappa shape index (κ2) is 3.95. The molecule has 0 aromatic carbocycles. The van der Waals surface area contributed by atoms with Crippen LogP contribution in [0.1, 0.15) is 0 Å². The maximum atomic E-state index is 5.50. The lowest BCUT2D eigenvalue weighted by Crippen LogP contribution is -1.88. The van der Waals surface area contributed by atoms with E-state index in [1.165, 1.54) is 11.3 Å². The van der Waals surface area contributed by atoms with Crippen LogP contribution in [0.2, 0.25) is 0 Å². The zero-order valence-corrected chi connectivity index (χ0v) is 9.39. The molecular weight excluding hydrogens is 238 g/mol. The molecule has 0 fully saturated rings. The molecule has 3 aromatic heterocycles. The molecule has 6 nitrogen and oxygen atoms in total. The molecule has 0 spiro atoms. The molecule has 3 rings (SSSR count). The van der Waals surface area contributed by atoms with Crippen LogP contribution in [0.4, 0.5) is 5.82 Å². The van der Waals surface area contributed by atoms with Crippen molar-refractivity contribution in [2.24, 2.45) is 0 Å². The van der Waals surface area contributed by atoms with Gasteiger partial charge >= 0.3 is 0 Å². The van der Waals surface area contributed by atoms with E-state index in [1.54, 1.807) is 30.0 Å². The van der Waals surface area contributed by atoms with E-state index in [-0.39, 0.29) is 0 Å². The van der Waals surface area contributed by atoms with E-state index in [0.29, 0.717) is 17.5 Å². The summed E-state index contributed by atoms with van der Waals surface area (Å²) in [5.74, 6) is 1.40. The normalized spacial score (nSPS) is 10.6. The monoisotopic (exact) mass is 245 g/mol. The quantitative estimate of drug-likeness (QED) is 0.740. The van der Waals surface area contributed by atoms with E-state index >= 15 is 0 Å². The average Bonchev–Trinajstić information content (AvgIpc) is 3.00. The summed E-state index contributed by atoms with van der Waals surface area (Å²) in [5.41, 5.74) is 7.96. The number of hydrogen-bond donors (Lipinski definition) is 1. The summed E-state index contributed by atoms with van der Waals surface area (Å²) in [6.07, 6.45) is 3.29. The van der Waals surface area contributed by atoms with E-state index in [0.717, 1.165) is 10.4 Å². The first-order chi connectivity index (χ1) is 8.33. The second-order valence-electron chi connectivity index (χ2n) is 3.26. The van der Waals surface area contributed by atoms with E-state index in [4.69, 9.17) is 10.3 Å². The maximum absolute atomic E-state index is 5.50. The minimum Gasteiger partial charge on any atom is -0.384 e. The highest BCUT2D eigenvalue weighted by Crippen LogP contribution is 2.23. The van der Waals surface area contributed by atoms with Crippen molar-refractivity contribution in [3.05, 3.63) is 30.0 Å². The summed E-state index contributed by atoms with van der Waals surface area (Å²) in [5, 5.41) is 3.88. The van der Waals surface area contributed by atoms with Crippen molar-refractivity contribution in [3.8, 4) is 22.2 Å². The van der Waals surface area contributed by atoms with Crippen LogP contribution in [0.5, 0.6) is 0 Å². The predicted molar refractivity (Wildman–Crippen MR) is 63.0 cm³/mol. The Morgan fingerprint density at radius 1 is 1.24 bits per heavy atom. The topological polar surface area (TPSA) is 90.7 Å². The lowest BCUT2D eigenvalue weighted by Gasteiger charge is -1.93. The molecule has 0 saturated heterocycles. The summed E-state index contributed by atoms with van der Waals surface area (Å²) < 4.78 is 5.15. The molecule has 2 N–H and O–H groups in total. The second-order valence-corrected chi connectivity index (χ2v) is 4.15.